The molecule has 0 saturated heterocycles. The van der Waals surface area contributed by atoms with E-state index in [1.165, 1.54) is 366 Å². The van der Waals surface area contributed by atoms with Crippen LogP contribution in [0.5, 0.6) is 0 Å². The molecule has 19 heteroatoms. The van der Waals surface area contributed by atoms with Gasteiger partial charge >= 0.3 is 39.5 Å². The molecule has 17 nitrogen and oxygen atoms in total. The van der Waals surface area contributed by atoms with E-state index in [1.807, 2.05) is 0 Å². The lowest BCUT2D eigenvalue weighted by Crippen LogP contribution is -2.30. The van der Waals surface area contributed by atoms with Gasteiger partial charge < -0.3 is 33.8 Å². The van der Waals surface area contributed by atoms with Crippen LogP contribution in [0.25, 0.3) is 0 Å². The fraction of sp³-hybridized carbons (Fsp3) is 0.959. The predicted molar refractivity (Wildman–Crippen MR) is 488 cm³/mol. The van der Waals surface area contributed by atoms with Gasteiger partial charge in [0.25, 0.3) is 0 Å². The highest BCUT2D eigenvalue weighted by Crippen LogP contribution is 2.45. The minimum Gasteiger partial charge on any atom is -0.462 e. The largest absolute Gasteiger partial charge is 0.472 e. The normalized spacial score (nSPS) is 13.6. The number of aliphatic hydroxyl groups is 1. The zero-order valence-electron chi connectivity index (χ0n) is 77.4. The van der Waals surface area contributed by atoms with Gasteiger partial charge in [0.2, 0.25) is 0 Å². The third-order valence-electron chi connectivity index (χ3n) is 23.3. The van der Waals surface area contributed by atoms with Crippen molar-refractivity contribution in [3.8, 4) is 0 Å². The quantitative estimate of drug-likeness (QED) is 0.0222. The molecule has 0 aromatic carbocycles. The monoisotopic (exact) mass is 1700 g/mol. The Balaban J connectivity index is 5.22. The van der Waals surface area contributed by atoms with Crippen LogP contribution in [-0.4, -0.2) is 96.7 Å². The molecule has 696 valence electrons. The van der Waals surface area contributed by atoms with E-state index in [9.17, 15) is 43.2 Å². The Kier molecular flexibility index (Phi) is 88.8. The van der Waals surface area contributed by atoms with Crippen LogP contribution >= 0.6 is 15.6 Å². The Morgan fingerprint density at radius 1 is 0.231 bits per heavy atom. The number of carbonyl (C=O) groups is 4. The van der Waals surface area contributed by atoms with Crippen molar-refractivity contribution in [3.05, 3.63) is 0 Å². The molecule has 0 bridgehead atoms. The van der Waals surface area contributed by atoms with Crippen molar-refractivity contribution in [1.29, 1.82) is 0 Å². The van der Waals surface area contributed by atoms with Gasteiger partial charge in [-0.25, -0.2) is 9.13 Å². The maximum atomic E-state index is 13.2. The van der Waals surface area contributed by atoms with E-state index in [2.05, 4.69) is 34.6 Å². The van der Waals surface area contributed by atoms with E-state index in [-0.39, 0.29) is 25.7 Å². The van der Waals surface area contributed by atoms with Crippen LogP contribution in [0.2, 0.25) is 0 Å². The summed E-state index contributed by atoms with van der Waals surface area (Å²) in [4.78, 5) is 73.6. The van der Waals surface area contributed by atoms with Gasteiger partial charge in [-0.3, -0.25) is 37.3 Å². The standard InChI is InChI=1S/C98H192O17P2/c1-6-9-12-15-18-21-24-27-29-31-33-35-37-39-44-48-52-57-62-67-72-77-82-96(101)109-88-94(115-98(103)83-78-73-68-63-58-53-49-45-40-38-36-34-32-30-28-25-22-19-16-13-10-7-2)90-113-117(106,107)111-86-92(99)85-110-116(104,105)112-89-93(87-108-95(100)81-76-71-66-61-56-26-23-20-17-14-11-8-3)114-97(102)84-79-74-69-64-59-54-50-46-42-41-43-47-51-55-60-65-70-75-80-91(4)5/h91-94,99H,6-90H2,1-5H3,(H,104,105)(H,106,107)/t92-,93+,94+/m0/s1. The zero-order valence-corrected chi connectivity index (χ0v) is 79.2. The summed E-state index contributed by atoms with van der Waals surface area (Å²) in [6.45, 7) is 7.47. The van der Waals surface area contributed by atoms with Crippen molar-refractivity contribution < 1.29 is 80.2 Å². The van der Waals surface area contributed by atoms with Gasteiger partial charge in [0.1, 0.15) is 19.3 Å². The highest BCUT2D eigenvalue weighted by Gasteiger charge is 2.31. The third-order valence-corrected chi connectivity index (χ3v) is 25.2. The molecule has 0 spiro atoms. The smallest absolute Gasteiger partial charge is 0.462 e. The van der Waals surface area contributed by atoms with E-state index >= 15 is 0 Å². The molecule has 0 aliphatic carbocycles. The van der Waals surface area contributed by atoms with E-state index in [4.69, 9.17) is 37.0 Å². The summed E-state index contributed by atoms with van der Waals surface area (Å²) in [7, 11) is -9.94. The highest BCUT2D eigenvalue weighted by atomic mass is 31.2. The molecule has 0 fully saturated rings. The maximum Gasteiger partial charge on any atom is 0.472 e. The minimum absolute atomic E-state index is 0.109. The number of phosphoric ester groups is 2. The lowest BCUT2D eigenvalue weighted by Gasteiger charge is -2.21. The summed E-state index contributed by atoms with van der Waals surface area (Å²) >= 11 is 0. The third kappa shape index (κ3) is 91.6. The number of carbonyl (C=O) groups excluding carboxylic acids is 4. The fourth-order valence-electron chi connectivity index (χ4n) is 15.6. The van der Waals surface area contributed by atoms with Gasteiger partial charge in [0.15, 0.2) is 12.2 Å². The summed E-state index contributed by atoms with van der Waals surface area (Å²) in [5.74, 6) is -1.27. The average Bonchev–Trinajstić information content (AvgIpc) is 0.898. The Morgan fingerprint density at radius 2 is 0.393 bits per heavy atom. The first-order valence-corrected chi connectivity index (χ1v) is 53.6. The second kappa shape index (κ2) is 90.3. The molecule has 0 rings (SSSR count). The van der Waals surface area contributed by atoms with Crippen molar-refractivity contribution in [2.45, 2.75) is 560 Å². The topological polar surface area (TPSA) is 237 Å². The molecule has 5 atom stereocenters. The summed E-state index contributed by atoms with van der Waals surface area (Å²) in [5, 5.41) is 10.7. The molecule has 0 radical (unpaired) electrons. The molecular formula is C98H192O17P2. The fourth-order valence-corrected chi connectivity index (χ4v) is 17.2. The summed E-state index contributed by atoms with van der Waals surface area (Å²) in [6, 6.07) is 0. The second-order valence-corrected chi connectivity index (χ2v) is 38.6. The summed E-state index contributed by atoms with van der Waals surface area (Å²) in [6.07, 6.45) is 89.2. The Morgan fingerprint density at radius 3 is 0.581 bits per heavy atom. The molecule has 3 N–H and O–H groups in total. The number of aliphatic hydroxyl groups excluding tert-OH is 1. The first-order chi connectivity index (χ1) is 57.0. The number of phosphoric acid groups is 2. The first-order valence-electron chi connectivity index (χ1n) is 50.6. The lowest BCUT2D eigenvalue weighted by atomic mass is 10.0. The molecule has 0 aliphatic heterocycles. The molecule has 0 amide bonds. The first kappa shape index (κ1) is 115. The minimum atomic E-state index is -4.97. The predicted octanol–water partition coefficient (Wildman–Crippen LogP) is 31.1. The molecule has 2 unspecified atom stereocenters. The molecule has 0 heterocycles. The van der Waals surface area contributed by atoms with Crippen LogP contribution in [0.3, 0.4) is 0 Å². The Bertz CT molecular complexity index is 2210. The van der Waals surface area contributed by atoms with Crippen LogP contribution in [-0.2, 0) is 65.4 Å². The number of esters is 4. The summed E-state index contributed by atoms with van der Waals surface area (Å²) < 4.78 is 69.3. The SMILES string of the molecule is CCCCCCCCCCCCCCCCCCCCCCCCC(=O)OC[C@H](COP(=O)(O)OC[C@@H](O)COP(=O)(O)OC[C@@H](COC(=O)CCCCCCCCCCCCCC)OC(=O)CCCCCCCCCCCCCCCCCCCCC(C)C)OC(=O)CCCCCCCCCCCCCCCCCCCCCCCC. The number of hydrogen-bond acceptors (Lipinski definition) is 15. The van der Waals surface area contributed by atoms with Gasteiger partial charge in [-0.05, 0) is 31.6 Å². The zero-order chi connectivity index (χ0) is 85.4. The maximum absolute atomic E-state index is 13.2. The number of rotatable bonds is 98. The number of ether oxygens (including phenoxy) is 4. The molecule has 0 aromatic heterocycles. The lowest BCUT2D eigenvalue weighted by molar-refractivity contribution is -0.161. The van der Waals surface area contributed by atoms with Crippen LogP contribution in [0, 0.1) is 5.92 Å². The Labute approximate surface area is 721 Å². The highest BCUT2D eigenvalue weighted by molar-refractivity contribution is 7.47. The molecule has 0 aliphatic rings. The molecule has 117 heavy (non-hydrogen) atoms. The van der Waals surface area contributed by atoms with E-state index < -0.39 is 97.5 Å². The average molecular weight is 1700 g/mol. The number of unbranched alkanes of at least 4 members (excludes halogenated alkanes) is 70. The van der Waals surface area contributed by atoms with Gasteiger partial charge in [-0.2, -0.15) is 0 Å². The van der Waals surface area contributed by atoms with Gasteiger partial charge in [-0.1, -0.05) is 490 Å². The van der Waals surface area contributed by atoms with Crippen molar-refractivity contribution in [1.82, 2.24) is 0 Å². The van der Waals surface area contributed by atoms with E-state index in [0.717, 1.165) is 95.8 Å². The van der Waals surface area contributed by atoms with Crippen LogP contribution in [0.15, 0.2) is 0 Å². The van der Waals surface area contributed by atoms with E-state index in [0.29, 0.717) is 25.7 Å². The van der Waals surface area contributed by atoms with Gasteiger partial charge in [-0.15, -0.1) is 0 Å². The van der Waals surface area contributed by atoms with Crippen LogP contribution in [0.1, 0.15) is 542 Å². The van der Waals surface area contributed by atoms with Crippen molar-refractivity contribution in [2.24, 2.45) is 5.92 Å². The Hall–Kier alpha value is -1.94. The van der Waals surface area contributed by atoms with E-state index in [1.54, 1.807) is 0 Å². The van der Waals surface area contributed by atoms with Gasteiger partial charge in [0, 0.05) is 25.7 Å². The molecule has 0 saturated carbocycles. The van der Waals surface area contributed by atoms with Crippen molar-refractivity contribution in [3.63, 3.8) is 0 Å². The second-order valence-electron chi connectivity index (χ2n) is 35.6. The molecule has 0 aromatic rings. The molecular weight excluding hydrogens is 1510 g/mol. The number of hydrogen-bond donors (Lipinski definition) is 3. The van der Waals surface area contributed by atoms with Crippen molar-refractivity contribution >= 4 is 39.5 Å². The summed E-state index contributed by atoms with van der Waals surface area (Å²) in [5.41, 5.74) is 0. The van der Waals surface area contributed by atoms with Gasteiger partial charge in [0.05, 0.1) is 26.4 Å². The van der Waals surface area contributed by atoms with Crippen LogP contribution < -0.4 is 0 Å². The van der Waals surface area contributed by atoms with Crippen molar-refractivity contribution in [2.75, 3.05) is 39.6 Å². The van der Waals surface area contributed by atoms with Crippen LogP contribution in [0.4, 0.5) is 0 Å².